The highest BCUT2D eigenvalue weighted by molar-refractivity contribution is 7.78. The molecule has 0 bridgehead atoms. The predicted molar refractivity (Wildman–Crippen MR) is 65.9 cm³/mol. The van der Waals surface area contributed by atoms with Crippen molar-refractivity contribution < 1.29 is 4.74 Å². The lowest BCUT2D eigenvalue weighted by Crippen LogP contribution is -2.03. The second-order valence-corrected chi connectivity index (χ2v) is 3.70. The number of thiocarbonyl (C=S) groups is 1. The Morgan fingerprint density at radius 3 is 2.80 bits per heavy atom. The fraction of sp³-hybridized carbons (Fsp3) is 0.417. The smallest absolute Gasteiger partial charge is 0.122 e. The average Bonchev–Trinajstić information content (AvgIpc) is 2.25. The van der Waals surface area contributed by atoms with E-state index in [1.165, 1.54) is 5.56 Å². The van der Waals surface area contributed by atoms with Crippen molar-refractivity contribution in [3.05, 3.63) is 29.8 Å². The lowest BCUT2D eigenvalue weighted by molar-refractivity contribution is 0.324. The van der Waals surface area contributed by atoms with Gasteiger partial charge in [0.2, 0.25) is 0 Å². The minimum Gasteiger partial charge on any atom is -0.491 e. The number of hydrogen-bond acceptors (Lipinski definition) is 3. The minimum atomic E-state index is 0.468. The van der Waals surface area contributed by atoms with Crippen LogP contribution in [0, 0.1) is 0 Å². The van der Waals surface area contributed by atoms with Gasteiger partial charge in [0.05, 0.1) is 11.7 Å². The van der Waals surface area contributed by atoms with E-state index >= 15 is 0 Å². The van der Waals surface area contributed by atoms with E-state index in [1.807, 2.05) is 18.2 Å². The third kappa shape index (κ3) is 3.82. The molecular formula is C12H15NOS. The molecule has 0 aromatic heterocycles. The Bertz CT molecular complexity index is 356. The molecule has 0 aliphatic rings. The molecule has 0 saturated carbocycles. The Hall–Kier alpha value is -1.18. The average molecular weight is 221 g/mol. The molecule has 0 spiro atoms. The molecule has 0 N–H and O–H groups in total. The summed E-state index contributed by atoms with van der Waals surface area (Å²) in [6.45, 7) is 5.41. The predicted octanol–water partition coefficient (Wildman–Crippen LogP) is 3.29. The van der Waals surface area contributed by atoms with Crippen LogP contribution in [0.3, 0.4) is 0 Å². The standard InChI is InChI=1S/C12H15NOS/c1-10(2)11-5-3-4-6-12(11)14-8-7-13-9-15/h3-6,10H,7-8H2,1-2H3. The van der Waals surface area contributed by atoms with E-state index in [9.17, 15) is 0 Å². The van der Waals surface area contributed by atoms with Gasteiger partial charge in [-0.3, -0.25) is 0 Å². The second kappa shape index (κ2) is 6.33. The van der Waals surface area contributed by atoms with Crippen molar-refractivity contribution >= 4 is 17.4 Å². The van der Waals surface area contributed by atoms with Crippen LogP contribution >= 0.6 is 12.2 Å². The number of isothiocyanates is 1. The first-order chi connectivity index (χ1) is 7.25. The van der Waals surface area contributed by atoms with Crippen LogP contribution in [0.1, 0.15) is 25.3 Å². The quantitative estimate of drug-likeness (QED) is 0.432. The Kier molecular flexibility index (Phi) is 5.02. The molecule has 0 fully saturated rings. The molecule has 0 saturated heterocycles. The molecule has 0 heterocycles. The largest absolute Gasteiger partial charge is 0.491 e. The molecule has 1 rings (SSSR count). The Labute approximate surface area is 96.0 Å². The van der Waals surface area contributed by atoms with Gasteiger partial charge in [-0.2, -0.15) is 0 Å². The van der Waals surface area contributed by atoms with Crippen LogP contribution in [0.15, 0.2) is 29.3 Å². The highest BCUT2D eigenvalue weighted by Gasteiger charge is 2.05. The van der Waals surface area contributed by atoms with E-state index in [0.29, 0.717) is 19.1 Å². The zero-order valence-corrected chi connectivity index (χ0v) is 9.88. The SMILES string of the molecule is CC(C)c1ccccc1OCCN=C=S. The first-order valence-corrected chi connectivity index (χ1v) is 5.42. The zero-order valence-electron chi connectivity index (χ0n) is 9.06. The maximum absolute atomic E-state index is 5.62. The first kappa shape index (κ1) is 11.9. The molecule has 2 nitrogen and oxygen atoms in total. The summed E-state index contributed by atoms with van der Waals surface area (Å²) in [5, 5.41) is 2.32. The summed E-state index contributed by atoms with van der Waals surface area (Å²) in [7, 11) is 0. The Balaban J connectivity index is 2.63. The zero-order chi connectivity index (χ0) is 11.1. The fourth-order valence-electron chi connectivity index (χ4n) is 1.34. The van der Waals surface area contributed by atoms with Crippen LogP contribution in [-0.2, 0) is 0 Å². The van der Waals surface area contributed by atoms with Gasteiger partial charge in [0.15, 0.2) is 0 Å². The summed E-state index contributed by atoms with van der Waals surface area (Å²) in [5.74, 6) is 1.40. The van der Waals surface area contributed by atoms with Gasteiger partial charge in [-0.1, -0.05) is 32.0 Å². The molecule has 0 atom stereocenters. The van der Waals surface area contributed by atoms with Crippen LogP contribution < -0.4 is 4.74 Å². The molecule has 0 radical (unpaired) electrons. The minimum absolute atomic E-state index is 0.468. The maximum Gasteiger partial charge on any atom is 0.122 e. The summed E-state index contributed by atoms with van der Waals surface area (Å²) in [4.78, 5) is 3.80. The number of benzene rings is 1. The number of aliphatic imine (C=N–C) groups is 1. The molecule has 1 aromatic carbocycles. The van der Waals surface area contributed by atoms with E-state index in [0.717, 1.165) is 5.75 Å². The van der Waals surface area contributed by atoms with E-state index in [4.69, 9.17) is 4.74 Å². The van der Waals surface area contributed by atoms with Crippen LogP contribution in [0.2, 0.25) is 0 Å². The number of ether oxygens (including phenoxy) is 1. The molecule has 0 aliphatic heterocycles. The van der Waals surface area contributed by atoms with Crippen molar-refractivity contribution in [3.63, 3.8) is 0 Å². The summed E-state index contributed by atoms with van der Waals surface area (Å²) in [6.07, 6.45) is 0. The molecule has 15 heavy (non-hydrogen) atoms. The van der Waals surface area contributed by atoms with Crippen LogP contribution in [0.4, 0.5) is 0 Å². The van der Waals surface area contributed by atoms with E-state index < -0.39 is 0 Å². The van der Waals surface area contributed by atoms with Gasteiger partial charge in [0.1, 0.15) is 12.4 Å². The van der Waals surface area contributed by atoms with Crippen molar-refractivity contribution in [2.75, 3.05) is 13.2 Å². The van der Waals surface area contributed by atoms with Crippen molar-refractivity contribution in [1.82, 2.24) is 0 Å². The second-order valence-electron chi connectivity index (χ2n) is 3.51. The highest BCUT2D eigenvalue weighted by atomic mass is 32.1. The molecule has 0 amide bonds. The van der Waals surface area contributed by atoms with Gasteiger partial charge in [-0.25, -0.2) is 4.99 Å². The molecule has 3 heteroatoms. The third-order valence-corrected chi connectivity index (χ3v) is 2.20. The van der Waals surface area contributed by atoms with Crippen LogP contribution in [-0.4, -0.2) is 18.3 Å². The lowest BCUT2D eigenvalue weighted by atomic mass is 10.0. The van der Waals surface area contributed by atoms with E-state index in [-0.39, 0.29) is 0 Å². The molecule has 80 valence electrons. The fourth-order valence-corrected chi connectivity index (χ4v) is 1.43. The third-order valence-electron chi connectivity index (χ3n) is 2.07. The molecule has 0 aliphatic carbocycles. The van der Waals surface area contributed by atoms with Crippen molar-refractivity contribution in [3.8, 4) is 5.75 Å². The molecule has 1 aromatic rings. The monoisotopic (exact) mass is 221 g/mol. The summed E-state index contributed by atoms with van der Waals surface area (Å²) in [5.41, 5.74) is 1.23. The van der Waals surface area contributed by atoms with Crippen LogP contribution in [0.5, 0.6) is 5.75 Å². The number of nitrogens with zero attached hydrogens (tertiary/aromatic N) is 1. The van der Waals surface area contributed by atoms with Gasteiger partial charge in [0.25, 0.3) is 0 Å². The van der Waals surface area contributed by atoms with E-state index in [1.54, 1.807) is 0 Å². The number of para-hydroxylation sites is 1. The van der Waals surface area contributed by atoms with Gasteiger partial charge in [0, 0.05) is 0 Å². The van der Waals surface area contributed by atoms with E-state index in [2.05, 4.69) is 42.3 Å². The number of hydrogen-bond donors (Lipinski definition) is 0. The molecule has 0 unspecified atom stereocenters. The topological polar surface area (TPSA) is 21.6 Å². The number of rotatable bonds is 5. The van der Waals surface area contributed by atoms with Gasteiger partial charge in [-0.15, -0.1) is 0 Å². The maximum atomic E-state index is 5.62. The Morgan fingerprint density at radius 1 is 1.40 bits per heavy atom. The van der Waals surface area contributed by atoms with Gasteiger partial charge < -0.3 is 4.74 Å². The highest BCUT2D eigenvalue weighted by Crippen LogP contribution is 2.25. The summed E-state index contributed by atoms with van der Waals surface area (Å²) < 4.78 is 5.62. The summed E-state index contributed by atoms with van der Waals surface area (Å²) >= 11 is 4.48. The lowest BCUT2D eigenvalue weighted by Gasteiger charge is -2.12. The van der Waals surface area contributed by atoms with Crippen molar-refractivity contribution in [2.45, 2.75) is 19.8 Å². The normalized spacial score (nSPS) is 9.80. The Morgan fingerprint density at radius 2 is 2.13 bits per heavy atom. The summed E-state index contributed by atoms with van der Waals surface area (Å²) in [6, 6.07) is 8.07. The van der Waals surface area contributed by atoms with Crippen LogP contribution in [0.25, 0.3) is 0 Å². The molecular weight excluding hydrogens is 206 g/mol. The van der Waals surface area contributed by atoms with Crippen molar-refractivity contribution in [1.29, 1.82) is 0 Å². The van der Waals surface area contributed by atoms with Crippen molar-refractivity contribution in [2.24, 2.45) is 4.99 Å². The first-order valence-electron chi connectivity index (χ1n) is 5.01. The van der Waals surface area contributed by atoms with Gasteiger partial charge in [-0.05, 0) is 29.8 Å². The van der Waals surface area contributed by atoms with Gasteiger partial charge >= 0.3 is 0 Å².